The van der Waals surface area contributed by atoms with Crippen LogP contribution >= 0.6 is 0 Å². The highest BCUT2D eigenvalue weighted by molar-refractivity contribution is 5.83. The molecule has 0 atom stereocenters. The predicted molar refractivity (Wildman–Crippen MR) is 234 cm³/mol. The van der Waals surface area contributed by atoms with Crippen molar-refractivity contribution in [1.82, 2.24) is 14.8 Å². The molecule has 0 aliphatic carbocycles. The molecule has 1 aromatic heterocycles. The van der Waals surface area contributed by atoms with Gasteiger partial charge in [0.1, 0.15) is 5.82 Å². The number of benzene rings is 6. The molecular weight excluding hydrogens is 667 g/mol. The Morgan fingerprint density at radius 3 is 1.49 bits per heavy atom. The van der Waals surface area contributed by atoms with Crippen molar-refractivity contribution >= 4 is 0 Å². The smallest absolute Gasteiger partial charge is 0.168 e. The van der Waals surface area contributed by atoms with Gasteiger partial charge in [0.2, 0.25) is 0 Å². The molecule has 7 aromatic rings. The summed E-state index contributed by atoms with van der Waals surface area (Å²) in [5, 5.41) is 9.91. The molecule has 3 nitrogen and oxygen atoms in total. The van der Waals surface area contributed by atoms with Gasteiger partial charge in [-0.05, 0) is 117 Å². The average molecular weight is 722 g/mol. The minimum Gasteiger partial charge on any atom is -0.278 e. The van der Waals surface area contributed by atoms with Crippen LogP contribution in [0.15, 0.2) is 140 Å². The summed E-state index contributed by atoms with van der Waals surface area (Å²) in [6.45, 7) is 20.3. The van der Waals surface area contributed by atoms with Crippen LogP contribution in [-0.2, 0) is 10.8 Å². The van der Waals surface area contributed by atoms with Crippen LogP contribution in [0.4, 0.5) is 0 Å². The van der Waals surface area contributed by atoms with E-state index in [2.05, 4.69) is 206 Å². The molecule has 0 saturated heterocycles. The van der Waals surface area contributed by atoms with Crippen molar-refractivity contribution in [3.05, 3.63) is 162 Å². The summed E-state index contributed by atoms with van der Waals surface area (Å²) in [7, 11) is 0. The number of nitrogens with zero attached hydrogens (tertiary/aromatic N) is 3. The number of aryl methyl sites for hydroxylation is 1. The molecule has 0 N–H and O–H groups in total. The molecule has 278 valence electrons. The van der Waals surface area contributed by atoms with Crippen LogP contribution in [0.1, 0.15) is 96.7 Å². The minimum atomic E-state index is 0.0932. The highest BCUT2D eigenvalue weighted by Crippen LogP contribution is 2.39. The maximum atomic E-state index is 4.97. The maximum Gasteiger partial charge on any atom is 0.168 e. The molecule has 0 aliphatic heterocycles. The molecule has 0 bridgehead atoms. The Kier molecular flexibility index (Phi) is 10.5. The zero-order valence-corrected chi connectivity index (χ0v) is 34.1. The van der Waals surface area contributed by atoms with Crippen LogP contribution in [0.25, 0.3) is 61.6 Å². The number of aromatic nitrogens is 3. The van der Waals surface area contributed by atoms with Crippen LogP contribution < -0.4 is 0 Å². The molecule has 0 radical (unpaired) electrons. The Morgan fingerprint density at radius 2 is 0.964 bits per heavy atom. The molecule has 0 spiro atoms. The largest absolute Gasteiger partial charge is 0.278 e. The fraction of sp³-hybridized carbons (Fsp3) is 0.269. The molecule has 0 fully saturated rings. The lowest BCUT2D eigenvalue weighted by Crippen LogP contribution is -2.10. The highest BCUT2D eigenvalue weighted by atomic mass is 15.3. The molecule has 6 aromatic carbocycles. The zero-order valence-electron chi connectivity index (χ0n) is 34.1. The monoisotopic (exact) mass is 721 g/mol. The van der Waals surface area contributed by atoms with Gasteiger partial charge in [-0.25, -0.2) is 0 Å². The Hall–Kier alpha value is -5.54. The lowest BCUT2D eigenvalue weighted by molar-refractivity contribution is 0.590. The first-order valence-electron chi connectivity index (χ1n) is 19.9. The fourth-order valence-electron chi connectivity index (χ4n) is 7.62. The predicted octanol–water partition coefficient (Wildman–Crippen LogP) is 14.4. The van der Waals surface area contributed by atoms with E-state index in [4.69, 9.17) is 10.2 Å². The summed E-state index contributed by atoms with van der Waals surface area (Å²) in [6, 6.07) is 51.5. The summed E-state index contributed by atoms with van der Waals surface area (Å²) >= 11 is 0. The molecule has 1 heterocycles. The van der Waals surface area contributed by atoms with Crippen molar-refractivity contribution in [2.75, 3.05) is 0 Å². The van der Waals surface area contributed by atoms with Gasteiger partial charge >= 0.3 is 0 Å². The SMILES string of the molecule is CCC(CC)c1nnc(-c2cccc(-c3cc(-c4ccc(C(C)(C)C)cc4)cc(-c4ccc(C(C)(C)C)cc4)c3)c2)n1-c1ccc(C)cc1-c1ccccc1. The molecular formula is C52H55N3. The first kappa shape index (κ1) is 37.8. The number of rotatable bonds is 9. The normalized spacial score (nSPS) is 12.0. The van der Waals surface area contributed by atoms with E-state index in [9.17, 15) is 0 Å². The Morgan fingerprint density at radius 1 is 0.473 bits per heavy atom. The second-order valence-electron chi connectivity index (χ2n) is 17.2. The average Bonchev–Trinajstić information content (AvgIpc) is 3.62. The third-order valence-electron chi connectivity index (χ3n) is 11.1. The van der Waals surface area contributed by atoms with Gasteiger partial charge in [-0.15, -0.1) is 10.2 Å². The highest BCUT2D eigenvalue weighted by Gasteiger charge is 2.24. The van der Waals surface area contributed by atoms with E-state index >= 15 is 0 Å². The van der Waals surface area contributed by atoms with Gasteiger partial charge in [-0.1, -0.05) is 164 Å². The molecule has 3 heteroatoms. The van der Waals surface area contributed by atoms with Crippen LogP contribution in [-0.4, -0.2) is 14.8 Å². The molecule has 0 amide bonds. The molecule has 0 aliphatic rings. The third kappa shape index (κ3) is 7.98. The quantitative estimate of drug-likeness (QED) is 0.149. The van der Waals surface area contributed by atoms with E-state index in [-0.39, 0.29) is 16.7 Å². The first-order valence-corrected chi connectivity index (χ1v) is 19.9. The Bertz CT molecular complexity index is 2320. The van der Waals surface area contributed by atoms with Gasteiger partial charge < -0.3 is 0 Å². The van der Waals surface area contributed by atoms with Gasteiger partial charge in [0.15, 0.2) is 5.82 Å². The number of hydrogen-bond acceptors (Lipinski definition) is 2. The van der Waals surface area contributed by atoms with Crippen molar-refractivity contribution in [2.24, 2.45) is 0 Å². The minimum absolute atomic E-state index is 0.0932. The van der Waals surface area contributed by atoms with Crippen molar-refractivity contribution in [1.29, 1.82) is 0 Å². The van der Waals surface area contributed by atoms with Crippen molar-refractivity contribution in [3.63, 3.8) is 0 Å². The van der Waals surface area contributed by atoms with E-state index in [0.29, 0.717) is 0 Å². The Labute approximate surface area is 329 Å². The fourth-order valence-corrected chi connectivity index (χ4v) is 7.62. The second kappa shape index (κ2) is 15.3. The molecule has 0 unspecified atom stereocenters. The Balaban J connectivity index is 1.39. The van der Waals surface area contributed by atoms with Gasteiger partial charge in [0.25, 0.3) is 0 Å². The van der Waals surface area contributed by atoms with Crippen molar-refractivity contribution in [2.45, 2.75) is 91.9 Å². The molecule has 0 saturated carbocycles. The zero-order chi connectivity index (χ0) is 38.9. The third-order valence-corrected chi connectivity index (χ3v) is 11.1. The van der Waals surface area contributed by atoms with Crippen molar-refractivity contribution in [3.8, 4) is 61.6 Å². The van der Waals surface area contributed by atoms with E-state index in [1.807, 2.05) is 0 Å². The first-order chi connectivity index (χ1) is 26.3. The lowest BCUT2D eigenvalue weighted by Gasteiger charge is -2.20. The summed E-state index contributed by atoms with van der Waals surface area (Å²) in [6.07, 6.45) is 1.98. The topological polar surface area (TPSA) is 30.7 Å². The second-order valence-corrected chi connectivity index (χ2v) is 17.2. The van der Waals surface area contributed by atoms with Gasteiger partial charge in [-0.3, -0.25) is 4.57 Å². The van der Waals surface area contributed by atoms with Crippen LogP contribution in [0, 0.1) is 6.92 Å². The number of hydrogen-bond donors (Lipinski definition) is 0. The molecule has 7 rings (SSSR count). The lowest BCUT2D eigenvalue weighted by atomic mass is 9.85. The van der Waals surface area contributed by atoms with Crippen LogP contribution in [0.2, 0.25) is 0 Å². The van der Waals surface area contributed by atoms with E-state index in [1.165, 1.54) is 55.6 Å². The van der Waals surface area contributed by atoms with E-state index < -0.39 is 0 Å². The summed E-state index contributed by atoms with van der Waals surface area (Å²) in [5.74, 6) is 2.15. The van der Waals surface area contributed by atoms with Crippen LogP contribution in [0.5, 0.6) is 0 Å². The summed E-state index contributed by atoms with van der Waals surface area (Å²) in [5.41, 5.74) is 15.7. The van der Waals surface area contributed by atoms with Crippen LogP contribution in [0.3, 0.4) is 0 Å². The van der Waals surface area contributed by atoms with Gasteiger partial charge in [-0.2, -0.15) is 0 Å². The maximum absolute atomic E-state index is 4.97. The van der Waals surface area contributed by atoms with Gasteiger partial charge in [0.05, 0.1) is 5.69 Å². The summed E-state index contributed by atoms with van der Waals surface area (Å²) < 4.78 is 2.33. The van der Waals surface area contributed by atoms with E-state index in [1.54, 1.807) is 0 Å². The van der Waals surface area contributed by atoms with Gasteiger partial charge in [0, 0.05) is 17.0 Å². The standard InChI is InChI=1S/C52H55N3/c1-10-36(11-2)49-53-54-50(55(49)48-29-20-35(3)30-47(48)39-16-13-12-14-17-39)41-19-15-18-40(31-41)44-33-42(37-21-25-45(26-22-37)51(4,5)6)32-43(34-44)38-23-27-46(28-24-38)52(7,8)9/h12-34,36H,10-11H2,1-9H3. The van der Waals surface area contributed by atoms with E-state index in [0.717, 1.165) is 41.3 Å². The van der Waals surface area contributed by atoms with Crippen molar-refractivity contribution < 1.29 is 0 Å². The molecule has 55 heavy (non-hydrogen) atoms. The summed E-state index contributed by atoms with van der Waals surface area (Å²) in [4.78, 5) is 0.